The number of aromatic nitrogens is 1. The number of rotatable bonds is 5. The molecule has 3 atom stereocenters. The fourth-order valence-corrected chi connectivity index (χ4v) is 4.45. The van der Waals surface area contributed by atoms with Crippen LogP contribution in [0.4, 0.5) is 0 Å². The highest BCUT2D eigenvalue weighted by molar-refractivity contribution is 7.99. The molecule has 1 aromatic rings. The Labute approximate surface area is 131 Å². The maximum Gasteiger partial charge on any atom is 0.307 e. The number of carbonyl (C=O) groups is 1. The predicted octanol–water partition coefficient (Wildman–Crippen LogP) is 4.48. The van der Waals surface area contributed by atoms with Gasteiger partial charge >= 0.3 is 5.97 Å². The summed E-state index contributed by atoms with van der Waals surface area (Å²) in [6, 6.07) is 5.82. The minimum absolute atomic E-state index is 0.127. The van der Waals surface area contributed by atoms with Crippen molar-refractivity contribution in [3.63, 3.8) is 0 Å². The van der Waals surface area contributed by atoms with Crippen molar-refractivity contribution in [1.29, 1.82) is 0 Å². The van der Waals surface area contributed by atoms with Crippen LogP contribution in [0.1, 0.15) is 46.5 Å². The third kappa shape index (κ3) is 4.00. The smallest absolute Gasteiger partial charge is 0.307 e. The molecule has 4 heteroatoms. The van der Waals surface area contributed by atoms with Gasteiger partial charge in [-0.15, -0.1) is 11.8 Å². The van der Waals surface area contributed by atoms with Gasteiger partial charge in [-0.05, 0) is 42.7 Å². The summed E-state index contributed by atoms with van der Waals surface area (Å²) in [7, 11) is 0. The summed E-state index contributed by atoms with van der Waals surface area (Å²) in [5, 5.41) is 10.6. The third-order valence-electron chi connectivity index (χ3n) is 5.04. The van der Waals surface area contributed by atoms with Crippen LogP contribution in [-0.4, -0.2) is 21.3 Å². The average Bonchev–Trinajstić information content (AvgIpc) is 2.48. The lowest BCUT2D eigenvalue weighted by atomic mass is 9.67. The Morgan fingerprint density at radius 1 is 1.43 bits per heavy atom. The Bertz CT molecular complexity index is 475. The minimum Gasteiger partial charge on any atom is -0.481 e. The molecule has 0 aromatic carbocycles. The monoisotopic (exact) mass is 307 g/mol. The molecular formula is C17H25NO2S. The number of nitrogens with zero attached hydrogens (tertiary/aromatic N) is 1. The Morgan fingerprint density at radius 3 is 2.76 bits per heavy atom. The summed E-state index contributed by atoms with van der Waals surface area (Å²) >= 11 is 1.64. The van der Waals surface area contributed by atoms with E-state index in [0.29, 0.717) is 5.92 Å². The van der Waals surface area contributed by atoms with Crippen LogP contribution in [0, 0.1) is 17.3 Å². The van der Waals surface area contributed by atoms with E-state index in [1.807, 2.05) is 18.2 Å². The predicted molar refractivity (Wildman–Crippen MR) is 86.4 cm³/mol. The van der Waals surface area contributed by atoms with Crippen molar-refractivity contribution in [3.05, 3.63) is 24.4 Å². The van der Waals surface area contributed by atoms with Crippen molar-refractivity contribution >= 4 is 17.7 Å². The van der Waals surface area contributed by atoms with E-state index >= 15 is 0 Å². The molecule has 1 heterocycles. The molecule has 2 rings (SSSR count). The third-order valence-corrected chi connectivity index (χ3v) is 6.34. The molecule has 1 saturated carbocycles. The van der Waals surface area contributed by atoms with Crippen LogP contribution < -0.4 is 0 Å². The zero-order chi connectivity index (χ0) is 15.5. The maximum absolute atomic E-state index is 11.5. The van der Waals surface area contributed by atoms with Crippen LogP contribution in [0.2, 0.25) is 0 Å². The number of aliphatic carboxylic acids is 1. The van der Waals surface area contributed by atoms with Crippen LogP contribution in [0.5, 0.6) is 0 Å². The van der Waals surface area contributed by atoms with Gasteiger partial charge in [0.25, 0.3) is 0 Å². The molecule has 0 bridgehead atoms. The largest absolute Gasteiger partial charge is 0.481 e. The van der Waals surface area contributed by atoms with Crippen molar-refractivity contribution in [2.24, 2.45) is 17.3 Å². The number of hydrogen-bond donors (Lipinski definition) is 1. The van der Waals surface area contributed by atoms with Crippen molar-refractivity contribution in [1.82, 2.24) is 4.98 Å². The van der Waals surface area contributed by atoms with Crippen LogP contribution in [-0.2, 0) is 4.79 Å². The molecule has 3 unspecified atom stereocenters. The van der Waals surface area contributed by atoms with Crippen molar-refractivity contribution in [3.8, 4) is 0 Å². The van der Waals surface area contributed by atoms with Crippen LogP contribution in [0.25, 0.3) is 0 Å². The number of carboxylic acid groups (broad SMARTS) is 1. The SMILES string of the molecule is CCC(C)(C)C1CCC(C(=O)O)C(Sc2ccccn2)C1. The molecule has 1 fully saturated rings. The standard InChI is InChI=1S/C17H25NO2S/c1-4-17(2,3)12-8-9-13(16(19)20)14(11-12)21-15-7-5-6-10-18-15/h5-7,10,12-14H,4,8-9,11H2,1-3H3,(H,19,20). The molecule has 116 valence electrons. The first-order chi connectivity index (χ1) is 9.94. The van der Waals surface area contributed by atoms with Gasteiger partial charge in [-0.25, -0.2) is 4.98 Å². The second kappa shape index (κ2) is 6.82. The molecule has 1 aliphatic rings. The summed E-state index contributed by atoms with van der Waals surface area (Å²) in [6.45, 7) is 6.84. The zero-order valence-electron chi connectivity index (χ0n) is 13.1. The highest BCUT2D eigenvalue weighted by atomic mass is 32.2. The van der Waals surface area contributed by atoms with E-state index in [0.717, 1.165) is 30.7 Å². The van der Waals surface area contributed by atoms with Gasteiger partial charge in [0.05, 0.1) is 10.9 Å². The van der Waals surface area contributed by atoms with Crippen LogP contribution in [0.15, 0.2) is 29.4 Å². The summed E-state index contributed by atoms with van der Waals surface area (Å²) in [6.07, 6.45) is 5.69. The summed E-state index contributed by atoms with van der Waals surface area (Å²) in [5.41, 5.74) is 0.284. The lowest BCUT2D eigenvalue weighted by Gasteiger charge is -2.41. The molecule has 1 N–H and O–H groups in total. The molecule has 1 aliphatic carbocycles. The topological polar surface area (TPSA) is 50.2 Å². The highest BCUT2D eigenvalue weighted by Gasteiger charge is 2.40. The van der Waals surface area contributed by atoms with Crippen LogP contribution >= 0.6 is 11.8 Å². The first kappa shape index (κ1) is 16.3. The second-order valence-corrected chi connectivity index (χ2v) is 7.88. The Kier molecular flexibility index (Phi) is 5.31. The van der Waals surface area contributed by atoms with E-state index in [9.17, 15) is 9.90 Å². The van der Waals surface area contributed by atoms with Crippen molar-refractivity contribution in [2.75, 3.05) is 0 Å². The Balaban J connectivity index is 2.14. The fourth-order valence-electron chi connectivity index (χ4n) is 3.11. The quantitative estimate of drug-likeness (QED) is 0.871. The first-order valence-electron chi connectivity index (χ1n) is 7.74. The highest BCUT2D eigenvalue weighted by Crippen LogP contribution is 2.46. The Morgan fingerprint density at radius 2 is 2.19 bits per heavy atom. The lowest BCUT2D eigenvalue weighted by molar-refractivity contribution is -0.143. The van der Waals surface area contributed by atoms with Gasteiger partial charge in [0.2, 0.25) is 0 Å². The number of carboxylic acids is 1. The number of pyridine rings is 1. The summed E-state index contributed by atoms with van der Waals surface area (Å²) in [4.78, 5) is 15.9. The number of hydrogen-bond acceptors (Lipinski definition) is 3. The van der Waals surface area contributed by atoms with Gasteiger partial charge in [0, 0.05) is 11.4 Å². The summed E-state index contributed by atoms with van der Waals surface area (Å²) < 4.78 is 0. The van der Waals surface area contributed by atoms with E-state index < -0.39 is 5.97 Å². The van der Waals surface area contributed by atoms with Gasteiger partial charge < -0.3 is 5.11 Å². The molecular weight excluding hydrogens is 282 g/mol. The van der Waals surface area contributed by atoms with E-state index in [4.69, 9.17) is 0 Å². The Hall–Kier alpha value is -1.03. The minimum atomic E-state index is -0.656. The van der Waals surface area contributed by atoms with Crippen molar-refractivity contribution in [2.45, 2.75) is 56.7 Å². The van der Waals surface area contributed by atoms with Gasteiger partial charge in [-0.1, -0.05) is 33.3 Å². The maximum atomic E-state index is 11.5. The fraction of sp³-hybridized carbons (Fsp3) is 0.647. The van der Waals surface area contributed by atoms with Gasteiger partial charge in [-0.2, -0.15) is 0 Å². The van der Waals surface area contributed by atoms with Crippen LogP contribution in [0.3, 0.4) is 0 Å². The van der Waals surface area contributed by atoms with E-state index in [1.165, 1.54) is 0 Å². The van der Waals surface area contributed by atoms with Gasteiger partial charge in [-0.3, -0.25) is 4.79 Å². The second-order valence-electron chi connectivity index (χ2n) is 6.62. The van der Waals surface area contributed by atoms with E-state index in [1.54, 1.807) is 18.0 Å². The molecule has 0 aliphatic heterocycles. The normalized spacial score (nSPS) is 26.5. The molecule has 3 nitrogen and oxygen atoms in total. The van der Waals surface area contributed by atoms with Crippen molar-refractivity contribution < 1.29 is 9.90 Å². The molecule has 0 amide bonds. The molecule has 0 spiro atoms. The molecule has 0 saturated heterocycles. The average molecular weight is 307 g/mol. The van der Waals surface area contributed by atoms with E-state index in [-0.39, 0.29) is 16.6 Å². The van der Waals surface area contributed by atoms with Gasteiger partial charge in [0.15, 0.2) is 0 Å². The molecule has 1 aromatic heterocycles. The molecule has 21 heavy (non-hydrogen) atoms. The molecule has 0 radical (unpaired) electrons. The summed E-state index contributed by atoms with van der Waals surface area (Å²) in [5.74, 6) is -0.309. The number of thioether (sulfide) groups is 1. The lowest BCUT2D eigenvalue weighted by Crippen LogP contribution is -2.37. The first-order valence-corrected chi connectivity index (χ1v) is 8.62. The zero-order valence-corrected chi connectivity index (χ0v) is 13.9. The van der Waals surface area contributed by atoms with E-state index in [2.05, 4.69) is 25.8 Å². The van der Waals surface area contributed by atoms with Gasteiger partial charge in [0.1, 0.15) is 0 Å².